The number of aromatic carboxylic acids is 8. The van der Waals surface area contributed by atoms with Gasteiger partial charge < -0.3 is 193 Å². The summed E-state index contributed by atoms with van der Waals surface area (Å²) in [4.78, 5) is 241. The summed E-state index contributed by atoms with van der Waals surface area (Å²) in [5.74, 6) is -47.1. The van der Waals surface area contributed by atoms with Crippen LogP contribution in [0.5, 0.6) is 0 Å². The zero-order valence-corrected chi connectivity index (χ0v) is 73.7. The summed E-state index contributed by atoms with van der Waals surface area (Å²) < 4.78 is 8.82. The quantitative estimate of drug-likeness (QED) is 0.0164. The SMILES string of the molecule is O=C([O-])C1OC(C(=O)O)C(C(=O)O)C1C(=O)O.O=C([O-])C1OC(C(=O)O)C(C(=O)O)C1C(=O)O.O=C([O-])CC(C(=O)O)C(CC(=O)O)C(=O)O.O=C(c1ccc(C(=O)O)c(C(=O)[O-])c1)c1ccc(C(=O)O)c(C(=O)O)c1.O=C(c1ccc(C(=O)O)c(C(=O)[O-])c1)c1ccc(C(=O)O)c(C(=O)O)c1.[NH3+]CC[NH3+].[NH3+]CC[NH3+].[NH3+]Cc1cccc(C[NH3+])c1.[NH3+]Cc1cccc(C[NH3+])c1.[NH3+]Cc1cccc(C[NH3+])c1. The van der Waals surface area contributed by atoms with Crippen molar-refractivity contribution in [2.24, 2.45) is 35.5 Å². The number of quaternary nitrogens is 10. The highest BCUT2D eigenvalue weighted by molar-refractivity contribution is 6.15. The van der Waals surface area contributed by atoms with Gasteiger partial charge in [-0.15, -0.1) is 0 Å². The number of carbonyl (C=O) groups is 22. The first-order chi connectivity index (χ1) is 65.5. The molecule has 0 radical (unpaired) electrons. The fraction of sp³-hybridized carbons (Fsp3) is 0.256. The lowest BCUT2D eigenvalue weighted by Gasteiger charge is -2.18. The molecule has 2 aliphatic heterocycles. The second-order valence-corrected chi connectivity index (χ2v) is 28.3. The maximum absolute atomic E-state index is 12.5. The fourth-order valence-electron chi connectivity index (χ4n) is 11.9. The van der Waals surface area contributed by atoms with E-state index in [9.17, 15) is 131 Å². The molecule has 54 heteroatoms. The molecule has 0 aliphatic carbocycles. The summed E-state index contributed by atoms with van der Waals surface area (Å²) in [6.45, 7) is 9.05. The molecule has 10 atom stereocenters. The van der Waals surface area contributed by atoms with Crippen LogP contribution < -0.4 is 82.9 Å². The molecule has 0 spiro atoms. The van der Waals surface area contributed by atoms with Gasteiger partial charge in [-0.05, 0) is 66.7 Å². The van der Waals surface area contributed by atoms with Gasteiger partial charge in [0.25, 0.3) is 0 Å². The van der Waals surface area contributed by atoms with Crippen molar-refractivity contribution in [2.75, 3.05) is 26.2 Å². The smallest absolute Gasteiger partial charge is 0.336 e. The van der Waals surface area contributed by atoms with Crippen LogP contribution in [0, 0.1) is 35.5 Å². The zero-order chi connectivity index (χ0) is 108. The van der Waals surface area contributed by atoms with E-state index in [0.717, 1.165) is 138 Å². The number of ether oxygens (including phenoxy) is 2. The molecule has 2 aliphatic rings. The Labute approximate surface area is 786 Å². The van der Waals surface area contributed by atoms with Gasteiger partial charge in [-0.25, -0.2) is 38.4 Å². The minimum absolute atomic E-state index is 0.209. The molecule has 9 rings (SSSR count). The van der Waals surface area contributed by atoms with E-state index >= 15 is 0 Å². The van der Waals surface area contributed by atoms with Crippen LogP contribution in [0.1, 0.15) is 161 Å². The number of aliphatic carboxylic acids is 12. The number of hydrogen-bond acceptors (Lipinski definition) is 29. The first-order valence-corrected chi connectivity index (χ1v) is 40.1. The van der Waals surface area contributed by atoms with Crippen molar-refractivity contribution < 1.29 is 274 Å². The summed E-state index contributed by atoms with van der Waals surface area (Å²) in [6.07, 6.45) is -10.3. The number of benzene rings is 7. The Morgan fingerprint density at radius 2 is 0.464 bits per heavy atom. The normalized spacial score (nSPS) is 15.6. The largest absolute Gasteiger partial charge is 0.550 e. The molecule has 2 saturated heterocycles. The van der Waals surface area contributed by atoms with Crippen molar-refractivity contribution in [3.8, 4) is 0 Å². The monoisotopic (exact) mass is 1980 g/mol. The van der Waals surface area contributed by atoms with Crippen molar-refractivity contribution in [3.05, 3.63) is 246 Å². The Bertz CT molecular complexity index is 5020. The first-order valence-electron chi connectivity index (χ1n) is 40.1. The Balaban J connectivity index is 0.00000159. The Kier molecular flexibility index (Phi) is 53.4. The van der Waals surface area contributed by atoms with Gasteiger partial charge in [0, 0.05) is 79.2 Å². The molecule has 45 N–H and O–H groups in total. The summed E-state index contributed by atoms with van der Waals surface area (Å²) in [5.41, 5.74) is 39.0. The van der Waals surface area contributed by atoms with Crippen LogP contribution in [0.4, 0.5) is 0 Å². The van der Waals surface area contributed by atoms with Crippen LogP contribution in [0.15, 0.2) is 146 Å². The number of carboxylic acids is 20. The van der Waals surface area contributed by atoms with Gasteiger partial charge in [-0.3, -0.25) is 43.2 Å². The highest BCUT2D eigenvalue weighted by Crippen LogP contribution is 2.35. The second kappa shape index (κ2) is 60.9. The zero-order valence-electron chi connectivity index (χ0n) is 73.7. The van der Waals surface area contributed by atoms with Crippen LogP contribution in [-0.2, 0) is 106 Å². The van der Waals surface area contributed by atoms with Gasteiger partial charge in [0.05, 0.1) is 115 Å². The third-order valence-electron chi connectivity index (χ3n) is 18.8. The molecule has 7 aromatic rings. The van der Waals surface area contributed by atoms with Gasteiger partial charge in [-0.1, -0.05) is 78.9 Å². The van der Waals surface area contributed by atoms with Crippen molar-refractivity contribution in [1.82, 2.24) is 0 Å². The number of ketones is 2. The lowest BCUT2D eigenvalue weighted by atomic mass is 9.87. The van der Waals surface area contributed by atoms with Gasteiger partial charge in [0.15, 0.2) is 23.8 Å². The van der Waals surface area contributed by atoms with Gasteiger partial charge >= 0.3 is 89.5 Å². The Hall–Kier alpha value is -17.2. The number of hydrogen-bond donors (Lipinski definition) is 25. The summed E-state index contributed by atoms with van der Waals surface area (Å²) in [6, 6.07) is 36.4. The fourth-order valence-corrected chi connectivity index (χ4v) is 11.9. The standard InChI is InChI=1S/2C17H10O9.3C8H12N2.2C8H8O9.C8H10O8.2C2H8N2/c2*18-13(7-1-3-9(14(19)20)11(5-7)16(23)24)8-2-4-10(15(21)22)12(6-8)17(25)26;3*9-5-7-2-1-3-8(4-7)6-10;2*9-5(10)1-2(6(11)12)4(8(15)16)17-3(1)7(13)14;9-5(10)1-3(7(13)14)4(8(15)16)2-6(11)12;2*3-1-2-4/h2*1-6H,(H,19,20)(H,21,22)(H,23,24)(H,25,26);3*1-4H,5-6,9-10H2;2*1-4H,(H,9,10)(H,11,12)(H,13,14)(H,15,16);3-4H,1-2H2,(H,9,10)(H,11,12)(H,13,14)(H,15,16);2*1-4H2/p+5. The van der Waals surface area contributed by atoms with E-state index in [1.807, 2.05) is 0 Å². The summed E-state index contributed by atoms with van der Waals surface area (Å²) >= 11 is 0. The Morgan fingerprint density at radius 3 is 0.629 bits per heavy atom. The molecule has 10 unspecified atom stereocenters. The van der Waals surface area contributed by atoms with Crippen LogP contribution in [0.3, 0.4) is 0 Å². The Morgan fingerprint density at radius 1 is 0.257 bits per heavy atom. The molecule has 2 heterocycles. The molecule has 0 saturated carbocycles. The number of carbonyl (C=O) groups excluding carboxylic acids is 7. The van der Waals surface area contributed by atoms with Gasteiger partial charge in [-0.2, -0.15) is 0 Å². The number of carboxylic acid groups (broad SMARTS) is 20. The average molecular weight is 1980 g/mol. The van der Waals surface area contributed by atoms with Crippen LogP contribution in [-0.4, -0.2) is 258 Å². The molecule has 0 bridgehead atoms. The topological polar surface area (TPSA) is 1090 Å². The van der Waals surface area contributed by atoms with Crippen LogP contribution in [0.2, 0.25) is 0 Å². The molecule has 54 nitrogen and oxygen atoms in total. The van der Waals surface area contributed by atoms with E-state index in [4.69, 9.17) is 76.6 Å². The minimum Gasteiger partial charge on any atom is -0.550 e. The van der Waals surface area contributed by atoms with Crippen molar-refractivity contribution in [3.63, 3.8) is 0 Å². The third kappa shape index (κ3) is 39.0. The summed E-state index contributed by atoms with van der Waals surface area (Å²) in [5, 5.41) is 185. The lowest BCUT2D eigenvalue weighted by molar-refractivity contribution is -0.453. The molecule has 140 heavy (non-hydrogen) atoms. The van der Waals surface area contributed by atoms with E-state index < -0.39 is 248 Å². The van der Waals surface area contributed by atoms with Crippen LogP contribution >= 0.6 is 0 Å². The van der Waals surface area contributed by atoms with E-state index in [1.54, 1.807) is 0 Å². The van der Waals surface area contributed by atoms with E-state index in [2.05, 4.69) is 140 Å². The van der Waals surface area contributed by atoms with E-state index in [-0.39, 0.29) is 22.3 Å². The van der Waals surface area contributed by atoms with Gasteiger partial charge in [0.1, 0.15) is 62.1 Å². The maximum atomic E-state index is 12.5. The van der Waals surface area contributed by atoms with Crippen molar-refractivity contribution in [2.45, 2.75) is 76.5 Å². The molecular weight excluding hydrogens is 1880 g/mol. The highest BCUT2D eigenvalue weighted by atomic mass is 16.6. The summed E-state index contributed by atoms with van der Waals surface area (Å²) in [7, 11) is 0. The highest BCUT2D eigenvalue weighted by Gasteiger charge is 2.57. The maximum Gasteiger partial charge on any atom is 0.336 e. The average Bonchev–Trinajstić information content (AvgIpc) is 1.60. The molecule has 7 aromatic carbocycles. The number of rotatable bonds is 35. The second-order valence-electron chi connectivity index (χ2n) is 28.3. The van der Waals surface area contributed by atoms with Crippen molar-refractivity contribution in [1.29, 1.82) is 0 Å². The first kappa shape index (κ1) is 123. The minimum atomic E-state index is -2.10. The van der Waals surface area contributed by atoms with Crippen molar-refractivity contribution >= 4 is 131 Å². The third-order valence-corrected chi connectivity index (χ3v) is 18.8. The predicted octanol–water partition coefficient (Wildman–Crippen LogP) is -14.8. The molecule has 0 amide bonds. The predicted molar refractivity (Wildman–Crippen MR) is 444 cm³/mol. The van der Waals surface area contributed by atoms with E-state index in [1.165, 1.54) is 33.4 Å². The van der Waals surface area contributed by atoms with Gasteiger partial charge in [0.2, 0.25) is 0 Å². The molecular formula is C86H103N10O44+5. The lowest BCUT2D eigenvalue weighted by Crippen LogP contribution is -2.64. The molecule has 0 aromatic heterocycles. The van der Waals surface area contributed by atoms with E-state index in [0.29, 0.717) is 0 Å². The molecule has 756 valence electrons. The molecule has 2 fully saturated rings. The van der Waals surface area contributed by atoms with Crippen LogP contribution in [0.25, 0.3) is 0 Å².